The third-order valence-electron chi connectivity index (χ3n) is 8.82. The molecule has 0 heterocycles. The fraction of sp³-hybridized carbons (Fsp3) is 0.154. The molecule has 0 saturated heterocycles. The van der Waals surface area contributed by atoms with Gasteiger partial charge in [-0.05, 0) is 150 Å². The first kappa shape index (κ1) is 38.6. The second-order valence-corrected chi connectivity index (χ2v) is 13.6. The summed E-state index contributed by atoms with van der Waals surface area (Å²) in [6.45, 7) is 16.1. The number of aryl methyl sites for hydroxylation is 7. The summed E-state index contributed by atoms with van der Waals surface area (Å²) < 4.78 is 27.2. The van der Waals surface area contributed by atoms with Crippen molar-refractivity contribution in [1.29, 1.82) is 0 Å². The quantitative estimate of drug-likeness (QED) is 0.138. The molecule has 0 aliphatic rings. The van der Waals surface area contributed by atoms with Crippen LogP contribution in [0.2, 0.25) is 0 Å². The summed E-state index contributed by atoms with van der Waals surface area (Å²) in [6.07, 6.45) is 0. The van der Waals surface area contributed by atoms with Crippen molar-refractivity contribution in [2.24, 2.45) is 0 Å². The maximum Gasteiger partial charge on any atom is 0.130 e. The molecule has 0 aliphatic carbocycles. The molecule has 0 fully saturated rings. The van der Waals surface area contributed by atoms with E-state index in [1.54, 1.807) is 0 Å². The smallest absolute Gasteiger partial charge is 0.130 e. The minimum absolute atomic E-state index is 0.00697. The molecular formula is C52H42F2. The summed E-state index contributed by atoms with van der Waals surface area (Å²) in [5.41, 5.74) is 15.7. The van der Waals surface area contributed by atoms with E-state index in [0.29, 0.717) is 5.56 Å². The first-order valence-electron chi connectivity index (χ1n) is 17.8. The van der Waals surface area contributed by atoms with Gasteiger partial charge in [0, 0.05) is 50.1 Å². The Kier molecular flexibility index (Phi) is 12.7. The summed E-state index contributed by atoms with van der Waals surface area (Å²) in [5, 5.41) is 0. The van der Waals surface area contributed by atoms with Crippen molar-refractivity contribution in [1.82, 2.24) is 0 Å². The third kappa shape index (κ3) is 10.7. The van der Waals surface area contributed by atoms with Gasteiger partial charge in [-0.15, -0.1) is 0 Å². The largest absolute Gasteiger partial charge is 0.207 e. The Morgan fingerprint density at radius 1 is 0.296 bits per heavy atom. The van der Waals surface area contributed by atoms with Crippen LogP contribution >= 0.6 is 0 Å². The second kappa shape index (κ2) is 17.8. The van der Waals surface area contributed by atoms with Crippen molar-refractivity contribution in [3.63, 3.8) is 0 Å². The number of hydrogen-bond acceptors (Lipinski definition) is 0. The molecule has 0 aromatic heterocycles. The van der Waals surface area contributed by atoms with Crippen LogP contribution in [0.3, 0.4) is 0 Å². The third-order valence-corrected chi connectivity index (χ3v) is 8.82. The maximum atomic E-state index is 13.6. The lowest BCUT2D eigenvalue weighted by Gasteiger charge is -2.04. The summed E-state index contributed by atoms with van der Waals surface area (Å²) in [7, 11) is 0. The second-order valence-electron chi connectivity index (χ2n) is 13.6. The van der Waals surface area contributed by atoms with Crippen LogP contribution in [-0.4, -0.2) is 0 Å². The number of benzene rings is 6. The minimum atomic E-state index is -0.586. The highest BCUT2D eigenvalue weighted by Gasteiger charge is 2.05. The Morgan fingerprint density at radius 2 is 0.556 bits per heavy atom. The van der Waals surface area contributed by atoms with Gasteiger partial charge in [0.2, 0.25) is 0 Å². The fourth-order valence-corrected chi connectivity index (χ4v) is 5.94. The number of hydrogen-bond donors (Lipinski definition) is 0. The molecule has 264 valence electrons. The van der Waals surface area contributed by atoms with Crippen molar-refractivity contribution in [3.8, 4) is 47.4 Å². The lowest BCUT2D eigenvalue weighted by molar-refractivity contribution is 0.567. The number of halogens is 2. The van der Waals surface area contributed by atoms with E-state index in [-0.39, 0.29) is 5.56 Å². The van der Waals surface area contributed by atoms with Crippen molar-refractivity contribution in [2.75, 3.05) is 0 Å². The molecule has 0 radical (unpaired) electrons. The zero-order chi connectivity index (χ0) is 38.8. The van der Waals surface area contributed by atoms with Crippen LogP contribution in [0.15, 0.2) is 109 Å². The van der Waals surface area contributed by atoms with E-state index in [1.807, 2.05) is 48.5 Å². The number of rotatable bonds is 0. The van der Waals surface area contributed by atoms with Crippen LogP contribution in [0.5, 0.6) is 0 Å². The molecule has 0 unspecified atom stereocenters. The zero-order valence-corrected chi connectivity index (χ0v) is 32.1. The standard InChI is InChI=1S/C26H20F2.C26H22/c1-17-13-18(2)24(19(3)14-17)12-11-22-7-5-21(6-8-22)9-10-23-15-25(27)20(4)26(28)16-23;1-19-5-7-23(8-6-19)9-10-24-11-13-25(14-12-24)15-16-26-21(3)17-20(2)18-22(26)4/h5-8,13-16H,1-4H3;5-8,11-14,17-18H,1-4H3. The first-order valence-corrected chi connectivity index (χ1v) is 17.8. The van der Waals surface area contributed by atoms with Gasteiger partial charge in [-0.3, -0.25) is 0 Å². The molecule has 54 heavy (non-hydrogen) atoms. The maximum absolute atomic E-state index is 13.6. The minimum Gasteiger partial charge on any atom is -0.207 e. The zero-order valence-electron chi connectivity index (χ0n) is 32.1. The van der Waals surface area contributed by atoms with E-state index < -0.39 is 11.6 Å². The molecule has 6 aromatic carbocycles. The van der Waals surface area contributed by atoms with Gasteiger partial charge in [0.1, 0.15) is 11.6 Å². The van der Waals surface area contributed by atoms with Crippen LogP contribution in [0.4, 0.5) is 8.78 Å². The van der Waals surface area contributed by atoms with Gasteiger partial charge in [0.05, 0.1) is 0 Å². The van der Waals surface area contributed by atoms with Crippen LogP contribution < -0.4 is 0 Å². The van der Waals surface area contributed by atoms with Gasteiger partial charge in [-0.1, -0.05) is 100 Å². The van der Waals surface area contributed by atoms with Gasteiger partial charge in [-0.2, -0.15) is 0 Å². The Labute approximate surface area is 320 Å². The summed E-state index contributed by atoms with van der Waals surface area (Å²) in [6, 6.07) is 35.0. The molecule has 0 amide bonds. The van der Waals surface area contributed by atoms with Crippen molar-refractivity contribution in [2.45, 2.75) is 55.4 Å². The molecule has 2 heteroatoms. The molecule has 0 bridgehead atoms. The Hall–Kier alpha value is -6.58. The molecule has 0 aliphatic heterocycles. The average Bonchev–Trinajstić information content (AvgIpc) is 3.13. The average molecular weight is 705 g/mol. The van der Waals surface area contributed by atoms with E-state index in [9.17, 15) is 8.78 Å². The Balaban J connectivity index is 0.000000208. The van der Waals surface area contributed by atoms with Crippen LogP contribution in [0, 0.1) is 114 Å². The molecule has 0 N–H and O–H groups in total. The van der Waals surface area contributed by atoms with Gasteiger partial charge in [-0.25, -0.2) is 8.78 Å². The Morgan fingerprint density at radius 3 is 0.870 bits per heavy atom. The van der Waals surface area contributed by atoms with Crippen molar-refractivity contribution in [3.05, 3.63) is 210 Å². The molecule has 6 rings (SSSR count). The van der Waals surface area contributed by atoms with E-state index in [2.05, 4.69) is 144 Å². The summed E-state index contributed by atoms with van der Waals surface area (Å²) in [5.74, 6) is 24.0. The highest BCUT2D eigenvalue weighted by Crippen LogP contribution is 2.17. The van der Waals surface area contributed by atoms with Crippen LogP contribution in [-0.2, 0) is 0 Å². The fourth-order valence-electron chi connectivity index (χ4n) is 5.94. The SMILES string of the molecule is Cc1cc(C)c(C#Cc2ccc(C#Cc3cc(F)c(C)c(F)c3)cc2)c(C)c1.Cc1ccc(C#Cc2ccc(C#Cc3c(C)cc(C)cc3C)cc2)cc1. The van der Waals surface area contributed by atoms with E-state index in [1.165, 1.54) is 58.0 Å². The predicted octanol–water partition coefficient (Wildman–Crippen LogP) is 11.7. The molecule has 6 aromatic rings. The van der Waals surface area contributed by atoms with Gasteiger partial charge in [0.15, 0.2) is 0 Å². The highest BCUT2D eigenvalue weighted by atomic mass is 19.1. The molecule has 0 saturated carbocycles. The lowest BCUT2D eigenvalue weighted by atomic mass is 10.00. The first-order chi connectivity index (χ1) is 25.8. The molecule has 0 atom stereocenters. The normalized spacial score (nSPS) is 9.81. The molecule has 0 spiro atoms. The van der Waals surface area contributed by atoms with Gasteiger partial charge in [0.25, 0.3) is 0 Å². The monoisotopic (exact) mass is 704 g/mol. The van der Waals surface area contributed by atoms with E-state index >= 15 is 0 Å². The van der Waals surface area contributed by atoms with Gasteiger partial charge >= 0.3 is 0 Å². The van der Waals surface area contributed by atoms with Crippen molar-refractivity contribution >= 4 is 0 Å². The summed E-state index contributed by atoms with van der Waals surface area (Å²) in [4.78, 5) is 0. The van der Waals surface area contributed by atoms with Crippen LogP contribution in [0.25, 0.3) is 0 Å². The van der Waals surface area contributed by atoms with E-state index in [4.69, 9.17) is 0 Å². The summed E-state index contributed by atoms with van der Waals surface area (Å²) >= 11 is 0. The molecule has 0 nitrogen and oxygen atoms in total. The van der Waals surface area contributed by atoms with Gasteiger partial charge < -0.3 is 0 Å². The topological polar surface area (TPSA) is 0 Å². The van der Waals surface area contributed by atoms with E-state index in [0.717, 1.165) is 38.9 Å². The van der Waals surface area contributed by atoms with Crippen LogP contribution in [0.1, 0.15) is 89.0 Å². The Bertz CT molecular complexity index is 2500. The predicted molar refractivity (Wildman–Crippen MR) is 220 cm³/mol. The highest BCUT2D eigenvalue weighted by molar-refractivity contribution is 5.54. The lowest BCUT2D eigenvalue weighted by Crippen LogP contribution is -1.90. The van der Waals surface area contributed by atoms with Crippen molar-refractivity contribution < 1.29 is 8.78 Å². The molecular weight excluding hydrogens is 663 g/mol.